The highest BCUT2D eigenvalue weighted by atomic mass is 35.5. The summed E-state index contributed by atoms with van der Waals surface area (Å²) in [6.07, 6.45) is 1.61. The molecule has 1 aromatic heterocycles. The molecule has 4 nitrogen and oxygen atoms in total. The van der Waals surface area contributed by atoms with Crippen molar-refractivity contribution in [3.63, 3.8) is 0 Å². The average molecular weight is 350 g/mol. The predicted molar refractivity (Wildman–Crippen MR) is 96.0 cm³/mol. The van der Waals surface area contributed by atoms with E-state index < -0.39 is 5.97 Å². The summed E-state index contributed by atoms with van der Waals surface area (Å²) in [6.45, 7) is 0. The van der Waals surface area contributed by atoms with Gasteiger partial charge in [-0.25, -0.2) is 4.79 Å². The lowest BCUT2D eigenvalue weighted by Gasteiger charge is -2.02. The first-order chi connectivity index (χ1) is 12.1. The largest absolute Gasteiger partial charge is 0.478 e. The number of nitrogens with zero attached hydrogens (tertiary/aromatic N) is 1. The first kappa shape index (κ1) is 16.6. The lowest BCUT2D eigenvalue weighted by atomic mass is 10.1. The fourth-order valence-corrected chi connectivity index (χ4v) is 2.54. The molecule has 3 aromatic rings. The molecule has 0 radical (unpaired) electrons. The number of benzene rings is 2. The van der Waals surface area contributed by atoms with Gasteiger partial charge in [0.25, 0.3) is 0 Å². The Morgan fingerprint density at radius 1 is 1.08 bits per heavy atom. The lowest BCUT2D eigenvalue weighted by Crippen LogP contribution is -1.98. The maximum Gasteiger partial charge on any atom is 0.336 e. The first-order valence-electron chi connectivity index (χ1n) is 7.39. The van der Waals surface area contributed by atoms with Crippen LogP contribution in [0.15, 0.2) is 65.1 Å². The van der Waals surface area contributed by atoms with Gasteiger partial charge in [0, 0.05) is 10.6 Å². The molecule has 25 heavy (non-hydrogen) atoms. The van der Waals surface area contributed by atoms with Crippen LogP contribution in [-0.2, 0) is 0 Å². The molecule has 3 rings (SSSR count). The standard InChI is InChI=1S/C20H12ClNO3/c21-15-7-5-13(6-8-15)14(12-22)11-16-9-10-19(25-16)17-3-1-2-4-18(17)20(23)24/h1-11H,(H,23,24)/b14-11-. The Labute approximate surface area is 149 Å². The summed E-state index contributed by atoms with van der Waals surface area (Å²) in [7, 11) is 0. The Kier molecular flexibility index (Phi) is 4.69. The van der Waals surface area contributed by atoms with E-state index >= 15 is 0 Å². The van der Waals surface area contributed by atoms with E-state index in [-0.39, 0.29) is 5.56 Å². The summed E-state index contributed by atoms with van der Waals surface area (Å²) in [5.41, 5.74) is 1.78. The molecule has 0 bridgehead atoms. The molecule has 0 aliphatic carbocycles. The van der Waals surface area contributed by atoms with E-state index in [1.54, 1.807) is 60.7 Å². The number of aromatic carboxylic acids is 1. The second kappa shape index (κ2) is 7.08. The van der Waals surface area contributed by atoms with E-state index in [4.69, 9.17) is 16.0 Å². The van der Waals surface area contributed by atoms with Crippen LogP contribution in [0, 0.1) is 11.3 Å². The molecule has 0 aliphatic rings. The Bertz CT molecular complexity index is 994. The zero-order valence-corrected chi connectivity index (χ0v) is 13.7. The van der Waals surface area contributed by atoms with Gasteiger partial charge in [-0.1, -0.05) is 41.9 Å². The van der Waals surface area contributed by atoms with Crippen LogP contribution in [0.1, 0.15) is 21.7 Å². The fourth-order valence-electron chi connectivity index (χ4n) is 2.41. The van der Waals surface area contributed by atoms with E-state index in [1.165, 1.54) is 6.07 Å². The van der Waals surface area contributed by atoms with Crippen molar-refractivity contribution in [3.05, 3.63) is 82.6 Å². The second-order valence-corrected chi connectivity index (χ2v) is 5.67. The van der Waals surface area contributed by atoms with Crippen molar-refractivity contribution in [2.24, 2.45) is 0 Å². The Hall–Kier alpha value is -3.29. The first-order valence-corrected chi connectivity index (χ1v) is 7.76. The van der Waals surface area contributed by atoms with Crippen LogP contribution in [-0.4, -0.2) is 11.1 Å². The van der Waals surface area contributed by atoms with Crippen LogP contribution in [0.2, 0.25) is 5.02 Å². The zero-order valence-electron chi connectivity index (χ0n) is 12.9. The monoisotopic (exact) mass is 349 g/mol. The SMILES string of the molecule is N#C/C(=C/c1ccc(-c2ccccc2C(=O)O)o1)c1ccc(Cl)cc1. The van der Waals surface area contributed by atoms with Crippen molar-refractivity contribution < 1.29 is 14.3 Å². The molecule has 0 aliphatic heterocycles. The predicted octanol–water partition coefficient (Wildman–Crippen LogP) is 5.36. The van der Waals surface area contributed by atoms with E-state index in [2.05, 4.69) is 6.07 Å². The van der Waals surface area contributed by atoms with E-state index in [9.17, 15) is 15.2 Å². The van der Waals surface area contributed by atoms with Gasteiger partial charge in [-0.3, -0.25) is 0 Å². The van der Waals surface area contributed by atoms with Crippen LogP contribution < -0.4 is 0 Å². The third-order valence-corrected chi connectivity index (χ3v) is 3.86. The summed E-state index contributed by atoms with van der Waals surface area (Å²) in [5.74, 6) is -0.137. The van der Waals surface area contributed by atoms with Crippen molar-refractivity contribution in [1.29, 1.82) is 5.26 Å². The van der Waals surface area contributed by atoms with Gasteiger partial charge in [0.15, 0.2) is 0 Å². The molecule has 122 valence electrons. The lowest BCUT2D eigenvalue weighted by molar-refractivity contribution is 0.0697. The third kappa shape index (κ3) is 3.63. The Morgan fingerprint density at radius 2 is 1.80 bits per heavy atom. The molecule has 0 atom stereocenters. The number of hydrogen-bond acceptors (Lipinski definition) is 3. The van der Waals surface area contributed by atoms with E-state index in [1.807, 2.05) is 0 Å². The van der Waals surface area contributed by atoms with Crippen LogP contribution in [0.5, 0.6) is 0 Å². The number of rotatable bonds is 4. The molecule has 0 spiro atoms. The summed E-state index contributed by atoms with van der Waals surface area (Å²) < 4.78 is 5.72. The number of allylic oxidation sites excluding steroid dienone is 1. The van der Waals surface area contributed by atoms with Gasteiger partial charge in [0.2, 0.25) is 0 Å². The number of carboxylic acid groups (broad SMARTS) is 1. The Balaban J connectivity index is 1.98. The number of furan rings is 1. The number of carbonyl (C=O) groups is 1. The molecular weight excluding hydrogens is 338 g/mol. The highest BCUT2D eigenvalue weighted by Crippen LogP contribution is 2.28. The summed E-state index contributed by atoms with van der Waals surface area (Å²) in [6, 6.07) is 19.0. The van der Waals surface area contributed by atoms with Crippen molar-refractivity contribution in [3.8, 4) is 17.4 Å². The van der Waals surface area contributed by atoms with Crippen molar-refractivity contribution in [2.75, 3.05) is 0 Å². The minimum absolute atomic E-state index is 0.158. The molecule has 5 heteroatoms. The van der Waals surface area contributed by atoms with Crippen LogP contribution in [0.3, 0.4) is 0 Å². The van der Waals surface area contributed by atoms with Gasteiger partial charge >= 0.3 is 5.97 Å². The number of nitriles is 1. The smallest absolute Gasteiger partial charge is 0.336 e. The fraction of sp³-hybridized carbons (Fsp3) is 0. The van der Waals surface area contributed by atoms with Gasteiger partial charge in [0.05, 0.1) is 17.2 Å². The third-order valence-electron chi connectivity index (χ3n) is 3.61. The Morgan fingerprint density at radius 3 is 2.48 bits per heavy atom. The molecule has 2 aromatic carbocycles. The molecule has 0 fully saturated rings. The summed E-state index contributed by atoms with van der Waals surface area (Å²) in [5, 5.41) is 19.3. The quantitative estimate of drug-likeness (QED) is 0.643. The molecule has 0 amide bonds. The van der Waals surface area contributed by atoms with Gasteiger partial charge in [-0.15, -0.1) is 0 Å². The normalized spacial score (nSPS) is 11.1. The molecular formula is C20H12ClNO3. The molecule has 1 N–H and O–H groups in total. The maximum absolute atomic E-state index is 11.3. The number of hydrogen-bond donors (Lipinski definition) is 1. The molecule has 1 heterocycles. The van der Waals surface area contributed by atoms with E-state index in [0.717, 1.165) is 5.56 Å². The van der Waals surface area contributed by atoms with E-state index in [0.29, 0.717) is 27.7 Å². The van der Waals surface area contributed by atoms with Crippen LogP contribution >= 0.6 is 11.6 Å². The zero-order chi connectivity index (χ0) is 17.8. The second-order valence-electron chi connectivity index (χ2n) is 5.23. The average Bonchev–Trinajstić information content (AvgIpc) is 3.09. The van der Waals surface area contributed by atoms with Gasteiger partial charge in [-0.05, 0) is 42.0 Å². The summed E-state index contributed by atoms with van der Waals surface area (Å²) >= 11 is 5.86. The number of carboxylic acids is 1. The molecule has 0 unspecified atom stereocenters. The highest BCUT2D eigenvalue weighted by molar-refractivity contribution is 6.30. The highest BCUT2D eigenvalue weighted by Gasteiger charge is 2.14. The van der Waals surface area contributed by atoms with Crippen molar-refractivity contribution in [2.45, 2.75) is 0 Å². The van der Waals surface area contributed by atoms with Crippen molar-refractivity contribution in [1.82, 2.24) is 0 Å². The van der Waals surface area contributed by atoms with Gasteiger partial charge < -0.3 is 9.52 Å². The topological polar surface area (TPSA) is 74.2 Å². The molecule has 0 saturated carbocycles. The minimum atomic E-state index is -1.03. The van der Waals surface area contributed by atoms with Crippen molar-refractivity contribution >= 4 is 29.2 Å². The van der Waals surface area contributed by atoms with Gasteiger partial charge in [-0.2, -0.15) is 5.26 Å². The molecule has 0 saturated heterocycles. The van der Waals surface area contributed by atoms with Gasteiger partial charge in [0.1, 0.15) is 11.5 Å². The minimum Gasteiger partial charge on any atom is -0.478 e. The number of halogens is 1. The summed E-state index contributed by atoms with van der Waals surface area (Å²) in [4.78, 5) is 11.3. The van der Waals surface area contributed by atoms with Crippen LogP contribution in [0.4, 0.5) is 0 Å². The maximum atomic E-state index is 11.3. The van der Waals surface area contributed by atoms with Crippen LogP contribution in [0.25, 0.3) is 23.0 Å².